The number of nitrogens with zero attached hydrogens (tertiary/aromatic N) is 3. The van der Waals surface area contributed by atoms with Crippen molar-refractivity contribution >= 4 is 34.1 Å². The number of thioether (sulfide) groups is 1. The van der Waals surface area contributed by atoms with E-state index in [1.807, 2.05) is 60.1 Å². The van der Waals surface area contributed by atoms with Gasteiger partial charge in [-0.25, -0.2) is 9.97 Å². The van der Waals surface area contributed by atoms with Crippen LogP contribution in [0.3, 0.4) is 0 Å². The first-order valence-electron chi connectivity index (χ1n) is 8.32. The van der Waals surface area contributed by atoms with Crippen molar-refractivity contribution in [3.8, 4) is 16.9 Å². The molecule has 5 nitrogen and oxygen atoms in total. The SMILES string of the molecule is O=C(CSc1ncc(-c2ccccc2)n1-c1ccccc1)Nc1nccs1. The van der Waals surface area contributed by atoms with Crippen LogP contribution in [0.1, 0.15) is 0 Å². The molecule has 0 radical (unpaired) electrons. The number of carbonyl (C=O) groups is 1. The Morgan fingerprint density at radius 2 is 1.78 bits per heavy atom. The first kappa shape index (κ1) is 17.5. The molecule has 0 unspecified atom stereocenters. The number of hydrogen-bond donors (Lipinski definition) is 1. The summed E-state index contributed by atoms with van der Waals surface area (Å²) in [6, 6.07) is 20.2. The minimum atomic E-state index is -0.0983. The number of carbonyl (C=O) groups excluding carboxylic acids is 1. The Labute approximate surface area is 165 Å². The maximum atomic E-state index is 12.2. The maximum absolute atomic E-state index is 12.2. The zero-order valence-electron chi connectivity index (χ0n) is 14.3. The molecule has 4 aromatic rings. The lowest BCUT2D eigenvalue weighted by Crippen LogP contribution is -2.14. The highest BCUT2D eigenvalue weighted by molar-refractivity contribution is 7.99. The van der Waals surface area contributed by atoms with Gasteiger partial charge >= 0.3 is 0 Å². The molecule has 0 saturated carbocycles. The van der Waals surface area contributed by atoms with Crippen LogP contribution in [0, 0.1) is 0 Å². The summed E-state index contributed by atoms with van der Waals surface area (Å²) in [5.41, 5.74) is 3.08. The van der Waals surface area contributed by atoms with Crippen molar-refractivity contribution in [3.05, 3.63) is 78.4 Å². The zero-order chi connectivity index (χ0) is 18.5. The standard InChI is InChI=1S/C20H16N4OS2/c25-18(23-19-21-11-12-26-19)14-27-20-22-13-17(15-7-3-1-4-8-15)24(20)16-9-5-2-6-10-16/h1-13H,14H2,(H,21,23,25). The van der Waals surface area contributed by atoms with Crippen molar-refractivity contribution in [1.29, 1.82) is 0 Å². The van der Waals surface area contributed by atoms with E-state index >= 15 is 0 Å². The molecule has 0 aliphatic rings. The molecule has 2 aromatic carbocycles. The summed E-state index contributed by atoms with van der Waals surface area (Å²) < 4.78 is 2.08. The van der Waals surface area contributed by atoms with E-state index in [1.54, 1.807) is 6.20 Å². The van der Waals surface area contributed by atoms with Gasteiger partial charge in [-0.05, 0) is 12.1 Å². The Morgan fingerprint density at radius 1 is 1.04 bits per heavy atom. The van der Waals surface area contributed by atoms with Gasteiger partial charge in [0.1, 0.15) is 0 Å². The van der Waals surface area contributed by atoms with E-state index in [-0.39, 0.29) is 11.7 Å². The molecule has 0 saturated heterocycles. The number of anilines is 1. The normalized spacial score (nSPS) is 10.7. The molecule has 7 heteroatoms. The molecule has 134 valence electrons. The van der Waals surface area contributed by atoms with Crippen molar-refractivity contribution in [3.63, 3.8) is 0 Å². The van der Waals surface area contributed by atoms with Crippen molar-refractivity contribution in [2.45, 2.75) is 5.16 Å². The Bertz CT molecular complexity index is 1010. The highest BCUT2D eigenvalue weighted by atomic mass is 32.2. The summed E-state index contributed by atoms with van der Waals surface area (Å²) in [7, 11) is 0. The highest BCUT2D eigenvalue weighted by Gasteiger charge is 2.15. The number of hydrogen-bond acceptors (Lipinski definition) is 5. The molecule has 1 N–H and O–H groups in total. The van der Waals surface area contributed by atoms with Gasteiger partial charge < -0.3 is 5.32 Å². The fraction of sp³-hybridized carbons (Fsp3) is 0.0500. The largest absolute Gasteiger partial charge is 0.301 e. The Balaban J connectivity index is 1.61. The van der Waals surface area contributed by atoms with Gasteiger partial charge in [0.05, 0.1) is 17.6 Å². The van der Waals surface area contributed by atoms with Gasteiger partial charge in [-0.3, -0.25) is 9.36 Å². The van der Waals surface area contributed by atoms with Crippen LogP contribution in [0.25, 0.3) is 16.9 Å². The number of thiazole rings is 1. The highest BCUT2D eigenvalue weighted by Crippen LogP contribution is 2.29. The zero-order valence-corrected chi connectivity index (χ0v) is 15.9. The summed E-state index contributed by atoms with van der Waals surface area (Å²) in [6.07, 6.45) is 3.52. The summed E-state index contributed by atoms with van der Waals surface area (Å²) in [6.45, 7) is 0. The Kier molecular flexibility index (Phi) is 5.32. The van der Waals surface area contributed by atoms with Gasteiger partial charge in [-0.15, -0.1) is 11.3 Å². The minimum Gasteiger partial charge on any atom is -0.301 e. The Hall–Kier alpha value is -2.90. The van der Waals surface area contributed by atoms with Crippen molar-refractivity contribution in [2.24, 2.45) is 0 Å². The molecule has 0 atom stereocenters. The van der Waals surface area contributed by atoms with Gasteiger partial charge in [-0.2, -0.15) is 0 Å². The van der Waals surface area contributed by atoms with Crippen LogP contribution in [-0.4, -0.2) is 26.2 Å². The second-order valence-electron chi connectivity index (χ2n) is 5.64. The first-order chi connectivity index (χ1) is 13.3. The van der Waals surface area contributed by atoms with E-state index in [0.29, 0.717) is 5.13 Å². The first-order valence-corrected chi connectivity index (χ1v) is 10.2. The van der Waals surface area contributed by atoms with E-state index in [4.69, 9.17) is 0 Å². The number of imidazole rings is 1. The number of amides is 1. The summed E-state index contributed by atoms with van der Waals surface area (Å²) in [5, 5.41) is 6.01. The predicted octanol–water partition coefficient (Wildman–Crippen LogP) is 4.73. The monoisotopic (exact) mass is 392 g/mol. The smallest absolute Gasteiger partial charge is 0.236 e. The molecule has 0 aliphatic heterocycles. The molecular formula is C20H16N4OS2. The molecule has 2 heterocycles. The van der Waals surface area contributed by atoms with Gasteiger partial charge in [0.25, 0.3) is 0 Å². The number of nitrogens with one attached hydrogen (secondary N) is 1. The molecule has 0 fully saturated rings. The number of para-hydroxylation sites is 1. The predicted molar refractivity (Wildman–Crippen MR) is 110 cm³/mol. The lowest BCUT2D eigenvalue weighted by molar-refractivity contribution is -0.113. The molecule has 0 bridgehead atoms. The van der Waals surface area contributed by atoms with Crippen LogP contribution in [0.2, 0.25) is 0 Å². The third kappa shape index (κ3) is 4.10. The molecule has 0 spiro atoms. The van der Waals surface area contributed by atoms with E-state index in [9.17, 15) is 4.79 Å². The average Bonchev–Trinajstić information content (AvgIpc) is 3.37. The van der Waals surface area contributed by atoms with Crippen LogP contribution in [0.5, 0.6) is 0 Å². The van der Waals surface area contributed by atoms with Crippen LogP contribution in [0.4, 0.5) is 5.13 Å². The quantitative estimate of drug-likeness (QED) is 0.482. The maximum Gasteiger partial charge on any atom is 0.236 e. The Morgan fingerprint density at radius 3 is 2.48 bits per heavy atom. The lowest BCUT2D eigenvalue weighted by Gasteiger charge is -2.12. The van der Waals surface area contributed by atoms with Crippen LogP contribution in [-0.2, 0) is 4.79 Å². The number of benzene rings is 2. The molecule has 1 amide bonds. The summed E-state index contributed by atoms with van der Waals surface area (Å²) in [4.78, 5) is 20.9. The molecule has 4 rings (SSSR count). The van der Waals surface area contributed by atoms with Gasteiger partial charge in [0.15, 0.2) is 10.3 Å². The van der Waals surface area contributed by atoms with E-state index in [0.717, 1.165) is 22.1 Å². The number of rotatable bonds is 6. The van der Waals surface area contributed by atoms with Crippen LogP contribution >= 0.6 is 23.1 Å². The second-order valence-corrected chi connectivity index (χ2v) is 7.47. The number of aromatic nitrogens is 3. The summed E-state index contributed by atoms with van der Waals surface area (Å²) >= 11 is 2.81. The van der Waals surface area contributed by atoms with E-state index < -0.39 is 0 Å². The van der Waals surface area contributed by atoms with Crippen molar-refractivity contribution in [2.75, 3.05) is 11.1 Å². The van der Waals surface area contributed by atoms with Gasteiger partial charge in [0, 0.05) is 22.8 Å². The van der Waals surface area contributed by atoms with Crippen LogP contribution in [0.15, 0.2) is 83.6 Å². The van der Waals surface area contributed by atoms with Crippen LogP contribution < -0.4 is 5.32 Å². The van der Waals surface area contributed by atoms with Crippen molar-refractivity contribution in [1.82, 2.24) is 14.5 Å². The van der Waals surface area contributed by atoms with Crippen molar-refractivity contribution < 1.29 is 4.79 Å². The third-order valence-electron chi connectivity index (χ3n) is 3.82. The molecule has 2 aromatic heterocycles. The fourth-order valence-electron chi connectivity index (χ4n) is 2.65. The van der Waals surface area contributed by atoms with E-state index in [1.165, 1.54) is 23.1 Å². The third-order valence-corrected chi connectivity index (χ3v) is 5.47. The average molecular weight is 393 g/mol. The van der Waals surface area contributed by atoms with E-state index in [2.05, 4.69) is 32.0 Å². The topological polar surface area (TPSA) is 59.8 Å². The summed E-state index contributed by atoms with van der Waals surface area (Å²) in [5.74, 6) is 0.163. The van der Waals surface area contributed by atoms with Gasteiger partial charge in [0.2, 0.25) is 5.91 Å². The molecule has 27 heavy (non-hydrogen) atoms. The minimum absolute atomic E-state index is 0.0983. The lowest BCUT2D eigenvalue weighted by atomic mass is 10.1. The second kappa shape index (κ2) is 8.20. The fourth-order valence-corrected chi connectivity index (χ4v) is 3.98. The van der Waals surface area contributed by atoms with Gasteiger partial charge in [-0.1, -0.05) is 60.3 Å². The molecular weight excluding hydrogens is 376 g/mol. The molecule has 0 aliphatic carbocycles.